The maximum Gasteiger partial charge on any atom is 0.240 e. The number of sulfone groups is 1. The number of benzene rings is 2. The molecule has 7 heteroatoms. The van der Waals surface area contributed by atoms with Crippen LogP contribution < -0.4 is 15.0 Å². The standard InChI is InChI=1S/C25H30N3O3S/c1-5-32(29,30)19-9-6-8-18(15-19)20-10-11-22(31-13-7-12-26)24-23(20)21-14-17(2)16-27-25(21)28(24,3)4/h6,8-11,14-16H,5,7,12-13,26H2,1-4H3/q+1. The lowest BCUT2D eigenvalue weighted by Gasteiger charge is -2.26. The quantitative estimate of drug-likeness (QED) is 0.423. The minimum Gasteiger partial charge on any atom is -0.487 e. The molecule has 0 saturated carbocycles. The third kappa shape index (κ3) is 3.70. The normalized spacial score (nSPS) is 14.2. The number of hydrogen-bond acceptors (Lipinski definition) is 5. The van der Waals surface area contributed by atoms with Crippen molar-refractivity contribution in [1.29, 1.82) is 0 Å². The van der Waals surface area contributed by atoms with Crippen molar-refractivity contribution in [2.45, 2.75) is 25.2 Å². The minimum absolute atomic E-state index is 0.0678. The van der Waals surface area contributed by atoms with Gasteiger partial charge in [0.15, 0.2) is 21.3 Å². The van der Waals surface area contributed by atoms with Gasteiger partial charge in [-0.05, 0) is 66.9 Å². The smallest absolute Gasteiger partial charge is 0.240 e. The first-order chi connectivity index (χ1) is 15.2. The number of nitrogens with zero attached hydrogens (tertiary/aromatic N) is 2. The molecule has 2 heterocycles. The molecule has 0 fully saturated rings. The van der Waals surface area contributed by atoms with Crippen LogP contribution >= 0.6 is 0 Å². The number of quaternary nitrogens is 1. The third-order valence-electron chi connectivity index (χ3n) is 5.99. The summed E-state index contributed by atoms with van der Waals surface area (Å²) < 4.78 is 31.6. The Kier molecular flexibility index (Phi) is 5.83. The van der Waals surface area contributed by atoms with E-state index < -0.39 is 9.84 Å². The maximum atomic E-state index is 12.5. The lowest BCUT2D eigenvalue weighted by atomic mass is 9.94. The van der Waals surface area contributed by atoms with E-state index >= 15 is 0 Å². The van der Waals surface area contributed by atoms with Crippen molar-refractivity contribution < 1.29 is 13.2 Å². The molecular formula is C25H30N3O3S+. The van der Waals surface area contributed by atoms with Gasteiger partial charge in [0.1, 0.15) is 0 Å². The fourth-order valence-corrected chi connectivity index (χ4v) is 5.27. The second-order valence-electron chi connectivity index (χ2n) is 8.59. The summed E-state index contributed by atoms with van der Waals surface area (Å²) in [6.07, 6.45) is 2.65. The molecular weight excluding hydrogens is 422 g/mol. The molecule has 1 aliphatic heterocycles. The van der Waals surface area contributed by atoms with Crippen LogP contribution in [0, 0.1) is 6.92 Å². The van der Waals surface area contributed by atoms with E-state index in [9.17, 15) is 8.42 Å². The van der Waals surface area contributed by atoms with Crippen LogP contribution in [0.2, 0.25) is 0 Å². The summed E-state index contributed by atoms with van der Waals surface area (Å²) in [4.78, 5) is 5.11. The third-order valence-corrected chi connectivity index (χ3v) is 7.72. The second-order valence-corrected chi connectivity index (χ2v) is 10.9. The molecule has 6 nitrogen and oxygen atoms in total. The van der Waals surface area contributed by atoms with Crippen molar-refractivity contribution >= 4 is 21.3 Å². The molecule has 0 atom stereocenters. The van der Waals surface area contributed by atoms with Gasteiger partial charge in [-0.1, -0.05) is 19.1 Å². The van der Waals surface area contributed by atoms with Crippen molar-refractivity contribution in [2.24, 2.45) is 5.73 Å². The molecule has 0 bridgehead atoms. The van der Waals surface area contributed by atoms with Crippen LogP contribution in [0.25, 0.3) is 22.3 Å². The molecule has 0 aliphatic carbocycles. The first-order valence-electron chi connectivity index (χ1n) is 10.9. The molecule has 4 rings (SSSR count). The van der Waals surface area contributed by atoms with E-state index in [0.717, 1.165) is 51.5 Å². The lowest BCUT2D eigenvalue weighted by Crippen LogP contribution is -2.33. The van der Waals surface area contributed by atoms with E-state index in [4.69, 9.17) is 15.5 Å². The van der Waals surface area contributed by atoms with Gasteiger partial charge in [-0.25, -0.2) is 17.9 Å². The minimum atomic E-state index is -3.31. The van der Waals surface area contributed by atoms with Crippen molar-refractivity contribution in [3.63, 3.8) is 0 Å². The predicted molar refractivity (Wildman–Crippen MR) is 130 cm³/mol. The van der Waals surface area contributed by atoms with Gasteiger partial charge in [-0.2, -0.15) is 0 Å². The van der Waals surface area contributed by atoms with Gasteiger partial charge in [-0.15, -0.1) is 0 Å². The van der Waals surface area contributed by atoms with E-state index in [1.807, 2.05) is 31.3 Å². The summed E-state index contributed by atoms with van der Waals surface area (Å²) in [6, 6.07) is 13.3. The average molecular weight is 453 g/mol. The first kappa shape index (κ1) is 22.5. The maximum absolute atomic E-state index is 12.5. The number of aryl methyl sites for hydroxylation is 1. The summed E-state index contributed by atoms with van der Waals surface area (Å²) >= 11 is 0. The Bertz CT molecular complexity index is 1280. The Labute approximate surface area is 190 Å². The average Bonchev–Trinajstić information content (AvgIpc) is 3.01. The molecule has 3 aromatic rings. The largest absolute Gasteiger partial charge is 0.487 e. The highest BCUT2D eigenvalue weighted by Gasteiger charge is 2.43. The summed E-state index contributed by atoms with van der Waals surface area (Å²) in [6.45, 7) is 4.80. The number of rotatable bonds is 7. The molecule has 0 saturated heterocycles. The number of hydrogen-bond donors (Lipinski definition) is 1. The van der Waals surface area contributed by atoms with Crippen LogP contribution in [0.5, 0.6) is 5.75 Å². The molecule has 0 radical (unpaired) electrons. The van der Waals surface area contributed by atoms with Crippen LogP contribution in [-0.4, -0.2) is 46.4 Å². The molecule has 0 amide bonds. The Morgan fingerprint density at radius 2 is 1.88 bits per heavy atom. The van der Waals surface area contributed by atoms with Gasteiger partial charge in [0, 0.05) is 6.20 Å². The summed E-state index contributed by atoms with van der Waals surface area (Å²) in [5, 5.41) is 0. The fourth-order valence-electron chi connectivity index (χ4n) is 4.34. The van der Waals surface area contributed by atoms with Gasteiger partial charge in [0.05, 0.1) is 42.5 Å². The Balaban J connectivity index is 1.98. The topological polar surface area (TPSA) is 82.3 Å². The van der Waals surface area contributed by atoms with Crippen LogP contribution in [0.1, 0.15) is 18.9 Å². The van der Waals surface area contributed by atoms with Gasteiger partial charge in [0.25, 0.3) is 0 Å². The van der Waals surface area contributed by atoms with E-state index in [1.165, 1.54) is 0 Å². The molecule has 1 aliphatic rings. The molecule has 1 aromatic heterocycles. The van der Waals surface area contributed by atoms with E-state index in [1.54, 1.807) is 25.1 Å². The highest BCUT2D eigenvalue weighted by Crippen LogP contribution is 2.57. The lowest BCUT2D eigenvalue weighted by molar-refractivity contribution is 0.308. The zero-order chi connectivity index (χ0) is 23.1. The van der Waals surface area contributed by atoms with Crippen molar-refractivity contribution in [2.75, 3.05) is 33.0 Å². The molecule has 2 N–H and O–H groups in total. The van der Waals surface area contributed by atoms with Gasteiger partial charge < -0.3 is 10.5 Å². The Morgan fingerprint density at radius 1 is 1.09 bits per heavy atom. The summed E-state index contributed by atoms with van der Waals surface area (Å²) in [5.74, 6) is 1.81. The zero-order valence-electron chi connectivity index (χ0n) is 19.1. The van der Waals surface area contributed by atoms with E-state index in [-0.39, 0.29) is 5.75 Å². The zero-order valence-corrected chi connectivity index (χ0v) is 19.9. The summed E-state index contributed by atoms with van der Waals surface area (Å²) in [7, 11) is 0.895. The van der Waals surface area contributed by atoms with Gasteiger partial charge in [0.2, 0.25) is 5.82 Å². The van der Waals surface area contributed by atoms with Crippen molar-refractivity contribution in [3.8, 4) is 28.0 Å². The monoisotopic (exact) mass is 452 g/mol. The first-order valence-corrected chi connectivity index (χ1v) is 12.5. The highest BCUT2D eigenvalue weighted by molar-refractivity contribution is 7.91. The number of ether oxygens (including phenoxy) is 1. The van der Waals surface area contributed by atoms with Crippen LogP contribution in [0.3, 0.4) is 0 Å². The number of pyridine rings is 1. The van der Waals surface area contributed by atoms with Crippen molar-refractivity contribution in [3.05, 3.63) is 54.2 Å². The van der Waals surface area contributed by atoms with Crippen LogP contribution in [-0.2, 0) is 9.84 Å². The number of aromatic nitrogens is 1. The molecule has 2 aromatic carbocycles. The van der Waals surface area contributed by atoms with Gasteiger partial charge in [-0.3, -0.25) is 0 Å². The Morgan fingerprint density at radius 3 is 2.59 bits per heavy atom. The predicted octanol–water partition coefficient (Wildman–Crippen LogP) is 4.46. The summed E-state index contributed by atoms with van der Waals surface area (Å²) in [5.41, 5.74) is 11.7. The van der Waals surface area contributed by atoms with E-state index in [2.05, 4.69) is 20.2 Å². The molecule has 0 spiro atoms. The van der Waals surface area contributed by atoms with Gasteiger partial charge >= 0.3 is 0 Å². The molecule has 0 unspecified atom stereocenters. The van der Waals surface area contributed by atoms with Crippen molar-refractivity contribution in [1.82, 2.24) is 9.47 Å². The number of nitrogens with two attached hydrogens (primary N) is 1. The Hall–Kier alpha value is -2.74. The SMILES string of the molecule is CCS(=O)(=O)c1cccc(-c2ccc(OCCCN)c3c2-c2cc(C)cnc2[N+]3(C)C)c1. The highest BCUT2D eigenvalue weighted by atomic mass is 32.2. The fraction of sp³-hybridized carbons (Fsp3) is 0.320. The molecule has 168 valence electrons. The second kappa shape index (κ2) is 8.31. The molecule has 32 heavy (non-hydrogen) atoms. The number of fused-ring (bicyclic) bond motifs is 3. The van der Waals surface area contributed by atoms with Crippen LogP contribution in [0.15, 0.2) is 53.6 Å². The van der Waals surface area contributed by atoms with E-state index in [0.29, 0.717) is 22.5 Å². The van der Waals surface area contributed by atoms with Crippen LogP contribution in [0.4, 0.5) is 11.5 Å².